The normalized spacial score (nSPS) is 11.3. The Morgan fingerprint density at radius 1 is 0.400 bits per heavy atom. The second-order valence-corrected chi connectivity index (χ2v) is 9.82. The number of hydrogen-bond acceptors (Lipinski definition) is 5. The number of esters is 1. The van der Waals surface area contributed by atoms with Gasteiger partial charge in [-0.3, -0.25) is 4.79 Å². The predicted octanol–water partition coefficient (Wildman–Crippen LogP) is 8.42. The van der Waals surface area contributed by atoms with Crippen LogP contribution in [-0.4, -0.2) is 52.2 Å². The summed E-state index contributed by atoms with van der Waals surface area (Å²) in [4.78, 5) is 11.8. The highest BCUT2D eigenvalue weighted by Crippen LogP contribution is 2.13. The van der Waals surface area contributed by atoms with Gasteiger partial charge in [-0.15, -0.1) is 0 Å². The molecular formula is C30H60O5. The van der Waals surface area contributed by atoms with Gasteiger partial charge in [-0.25, -0.2) is 0 Å². The maximum absolute atomic E-state index is 11.8. The molecule has 0 aromatic heterocycles. The van der Waals surface area contributed by atoms with Gasteiger partial charge in [0.1, 0.15) is 6.61 Å². The first kappa shape index (κ1) is 34.4. The molecule has 0 aromatic rings. The second kappa shape index (κ2) is 31.4. The first-order valence-corrected chi connectivity index (χ1v) is 15.2. The lowest BCUT2D eigenvalue weighted by molar-refractivity contribution is -0.145. The van der Waals surface area contributed by atoms with E-state index in [0.717, 1.165) is 25.9 Å². The first-order chi connectivity index (χ1) is 17.3. The van der Waals surface area contributed by atoms with Crippen LogP contribution in [0.2, 0.25) is 0 Å². The molecule has 0 radical (unpaired) electrons. The van der Waals surface area contributed by atoms with Crippen molar-refractivity contribution in [3.8, 4) is 0 Å². The summed E-state index contributed by atoms with van der Waals surface area (Å²) in [5, 5.41) is 0. The molecule has 0 aliphatic rings. The Balaban J connectivity index is 3.14. The summed E-state index contributed by atoms with van der Waals surface area (Å²) in [6.45, 7) is 8.39. The van der Waals surface area contributed by atoms with Gasteiger partial charge in [0.2, 0.25) is 0 Å². The molecule has 5 nitrogen and oxygen atoms in total. The molecule has 0 unspecified atom stereocenters. The summed E-state index contributed by atoms with van der Waals surface area (Å²) in [6, 6.07) is 0. The zero-order valence-electron chi connectivity index (χ0n) is 23.6. The highest BCUT2D eigenvalue weighted by molar-refractivity contribution is 5.69. The number of ether oxygens (including phenoxy) is 4. The van der Waals surface area contributed by atoms with E-state index in [1.807, 2.05) is 0 Å². The molecule has 5 heteroatoms. The van der Waals surface area contributed by atoms with Gasteiger partial charge in [0.05, 0.1) is 33.0 Å². The van der Waals surface area contributed by atoms with Crippen LogP contribution < -0.4 is 0 Å². The van der Waals surface area contributed by atoms with Crippen molar-refractivity contribution in [3.05, 3.63) is 0 Å². The van der Waals surface area contributed by atoms with Crippen molar-refractivity contribution in [1.82, 2.24) is 0 Å². The topological polar surface area (TPSA) is 54.0 Å². The molecule has 0 aliphatic carbocycles. The fourth-order valence-electron chi connectivity index (χ4n) is 4.10. The third-order valence-corrected chi connectivity index (χ3v) is 6.36. The smallest absolute Gasteiger partial charge is 0.305 e. The molecule has 0 N–H and O–H groups in total. The van der Waals surface area contributed by atoms with Crippen LogP contribution in [0.3, 0.4) is 0 Å². The third kappa shape index (κ3) is 31.3. The third-order valence-electron chi connectivity index (χ3n) is 6.36. The molecular weight excluding hydrogens is 440 g/mol. The van der Waals surface area contributed by atoms with Crippen LogP contribution in [0.4, 0.5) is 0 Å². The fraction of sp³-hybridized carbons (Fsp3) is 0.967. The van der Waals surface area contributed by atoms with Crippen LogP contribution in [0.5, 0.6) is 0 Å². The Labute approximate surface area is 218 Å². The lowest BCUT2D eigenvalue weighted by Crippen LogP contribution is -2.14. The average Bonchev–Trinajstić information content (AvgIpc) is 2.86. The van der Waals surface area contributed by atoms with Crippen molar-refractivity contribution in [1.29, 1.82) is 0 Å². The van der Waals surface area contributed by atoms with Crippen molar-refractivity contribution in [3.63, 3.8) is 0 Å². The van der Waals surface area contributed by atoms with Gasteiger partial charge in [0.15, 0.2) is 0 Å². The molecule has 0 rings (SSSR count). The van der Waals surface area contributed by atoms with Crippen LogP contribution in [0.15, 0.2) is 0 Å². The van der Waals surface area contributed by atoms with E-state index in [4.69, 9.17) is 18.9 Å². The highest BCUT2D eigenvalue weighted by Gasteiger charge is 2.02. The molecule has 0 spiro atoms. The summed E-state index contributed by atoms with van der Waals surface area (Å²) in [5.74, 6) is -0.101. The van der Waals surface area contributed by atoms with Gasteiger partial charge >= 0.3 is 5.97 Å². The van der Waals surface area contributed by atoms with Crippen LogP contribution in [0.25, 0.3) is 0 Å². The van der Waals surface area contributed by atoms with E-state index in [9.17, 15) is 4.79 Å². The molecule has 0 saturated heterocycles. The van der Waals surface area contributed by atoms with E-state index < -0.39 is 0 Å². The molecule has 0 saturated carbocycles. The molecule has 0 heterocycles. The predicted molar refractivity (Wildman–Crippen MR) is 147 cm³/mol. The van der Waals surface area contributed by atoms with Crippen LogP contribution in [0.1, 0.15) is 142 Å². The summed E-state index contributed by atoms with van der Waals surface area (Å²) in [7, 11) is 0. The van der Waals surface area contributed by atoms with Crippen LogP contribution >= 0.6 is 0 Å². The molecule has 210 valence electrons. The standard InChI is InChI=1S/C30H60O5/c1-3-5-7-9-10-11-12-13-14-15-16-17-18-19-20-22-30(31)35-29-28-34-27-26-33-25-24-32-23-21-8-6-4-2/h3-29H2,1-2H3. The van der Waals surface area contributed by atoms with E-state index >= 15 is 0 Å². The molecule has 0 amide bonds. The van der Waals surface area contributed by atoms with Crippen molar-refractivity contribution < 1.29 is 23.7 Å². The van der Waals surface area contributed by atoms with Gasteiger partial charge in [0, 0.05) is 13.0 Å². The number of carbonyl (C=O) groups excluding carboxylic acids is 1. The van der Waals surface area contributed by atoms with E-state index in [1.165, 1.54) is 103 Å². The summed E-state index contributed by atoms with van der Waals surface area (Å²) in [5.41, 5.74) is 0. The Morgan fingerprint density at radius 3 is 1.20 bits per heavy atom. The van der Waals surface area contributed by atoms with E-state index in [-0.39, 0.29) is 5.97 Å². The lowest BCUT2D eigenvalue weighted by Gasteiger charge is -2.08. The van der Waals surface area contributed by atoms with E-state index in [1.54, 1.807) is 0 Å². The molecule has 35 heavy (non-hydrogen) atoms. The lowest BCUT2D eigenvalue weighted by atomic mass is 10.0. The minimum atomic E-state index is -0.101. The van der Waals surface area contributed by atoms with Crippen molar-refractivity contribution in [2.75, 3.05) is 46.2 Å². The first-order valence-electron chi connectivity index (χ1n) is 15.2. The number of rotatable bonds is 30. The van der Waals surface area contributed by atoms with Gasteiger partial charge in [-0.2, -0.15) is 0 Å². The van der Waals surface area contributed by atoms with Gasteiger partial charge in [-0.05, 0) is 12.8 Å². The largest absolute Gasteiger partial charge is 0.463 e. The van der Waals surface area contributed by atoms with Crippen molar-refractivity contribution in [2.45, 2.75) is 142 Å². The molecule has 0 aromatic carbocycles. The second-order valence-electron chi connectivity index (χ2n) is 9.82. The minimum absolute atomic E-state index is 0.101. The zero-order chi connectivity index (χ0) is 25.5. The fourth-order valence-corrected chi connectivity index (χ4v) is 4.10. The van der Waals surface area contributed by atoms with Gasteiger partial charge in [0.25, 0.3) is 0 Å². The quantitative estimate of drug-likeness (QED) is 0.0731. The molecule has 0 aliphatic heterocycles. The number of unbranched alkanes of at least 4 members (excludes halogenated alkanes) is 17. The Morgan fingerprint density at radius 2 is 0.743 bits per heavy atom. The molecule has 0 atom stereocenters. The minimum Gasteiger partial charge on any atom is -0.463 e. The van der Waals surface area contributed by atoms with Gasteiger partial charge in [-0.1, -0.05) is 123 Å². The monoisotopic (exact) mass is 500 g/mol. The average molecular weight is 501 g/mol. The van der Waals surface area contributed by atoms with E-state index in [0.29, 0.717) is 46.1 Å². The molecule has 0 bridgehead atoms. The summed E-state index contributed by atoms with van der Waals surface area (Å²) in [6.07, 6.45) is 25.4. The van der Waals surface area contributed by atoms with Crippen molar-refractivity contribution in [2.24, 2.45) is 0 Å². The number of hydrogen-bond donors (Lipinski definition) is 0. The maximum atomic E-state index is 11.8. The Kier molecular flexibility index (Phi) is 30.8. The van der Waals surface area contributed by atoms with E-state index in [2.05, 4.69) is 13.8 Å². The Hall–Kier alpha value is -0.650. The summed E-state index contributed by atoms with van der Waals surface area (Å²) < 4.78 is 21.7. The Bertz CT molecular complexity index is 402. The zero-order valence-corrected chi connectivity index (χ0v) is 23.6. The van der Waals surface area contributed by atoms with Crippen LogP contribution in [-0.2, 0) is 23.7 Å². The van der Waals surface area contributed by atoms with Crippen molar-refractivity contribution >= 4 is 5.97 Å². The SMILES string of the molecule is CCCCCCCCCCCCCCCCCC(=O)OCCOCCOCCOCCCCCC. The summed E-state index contributed by atoms with van der Waals surface area (Å²) >= 11 is 0. The number of carbonyl (C=O) groups is 1. The van der Waals surface area contributed by atoms with Crippen LogP contribution in [0, 0.1) is 0 Å². The highest BCUT2D eigenvalue weighted by atomic mass is 16.6. The van der Waals surface area contributed by atoms with Gasteiger partial charge < -0.3 is 18.9 Å². The molecule has 0 fully saturated rings. The maximum Gasteiger partial charge on any atom is 0.305 e.